The van der Waals surface area contributed by atoms with E-state index in [-0.39, 0.29) is 5.91 Å². The standard InChI is InChI=1S/C18H20BrNO3S/c1-22-15-5-3-4-13(8-15)10-20-18(21)12-24-11-14-6-7-17(23-2)16(19)9-14/h3-9H,10-12H2,1-2H3,(H,20,21). The third-order valence-corrected chi connectivity index (χ3v) is 4.97. The molecule has 0 radical (unpaired) electrons. The van der Waals surface area contributed by atoms with Crippen LogP contribution in [0.4, 0.5) is 0 Å². The van der Waals surface area contributed by atoms with Crippen molar-refractivity contribution in [3.63, 3.8) is 0 Å². The molecule has 1 N–H and O–H groups in total. The van der Waals surface area contributed by atoms with Gasteiger partial charge in [-0.1, -0.05) is 18.2 Å². The first kappa shape index (κ1) is 18.7. The maximum atomic E-state index is 11.9. The molecule has 1 amide bonds. The van der Waals surface area contributed by atoms with E-state index in [2.05, 4.69) is 21.2 Å². The molecule has 0 saturated carbocycles. The number of nitrogens with one attached hydrogen (secondary N) is 1. The molecule has 0 heterocycles. The van der Waals surface area contributed by atoms with Gasteiger partial charge in [0.25, 0.3) is 0 Å². The van der Waals surface area contributed by atoms with E-state index >= 15 is 0 Å². The fraction of sp³-hybridized carbons (Fsp3) is 0.278. The van der Waals surface area contributed by atoms with Gasteiger partial charge in [-0.25, -0.2) is 0 Å². The van der Waals surface area contributed by atoms with Crippen molar-refractivity contribution < 1.29 is 14.3 Å². The van der Waals surface area contributed by atoms with Crippen LogP contribution in [0.3, 0.4) is 0 Å². The number of carbonyl (C=O) groups excluding carboxylic acids is 1. The number of carbonyl (C=O) groups is 1. The fourth-order valence-corrected chi connectivity index (χ4v) is 3.49. The average Bonchev–Trinajstić information content (AvgIpc) is 2.60. The highest BCUT2D eigenvalue weighted by atomic mass is 79.9. The summed E-state index contributed by atoms with van der Waals surface area (Å²) < 4.78 is 11.3. The molecule has 0 fully saturated rings. The van der Waals surface area contributed by atoms with Crippen LogP contribution >= 0.6 is 27.7 Å². The Labute approximate surface area is 155 Å². The Kier molecular flexibility index (Phi) is 7.46. The molecule has 0 unspecified atom stereocenters. The van der Waals surface area contributed by atoms with Crippen molar-refractivity contribution in [2.45, 2.75) is 12.3 Å². The minimum atomic E-state index is 0.0235. The molecule has 24 heavy (non-hydrogen) atoms. The predicted octanol–water partition coefficient (Wildman–Crippen LogP) is 4.02. The fourth-order valence-electron chi connectivity index (χ4n) is 2.10. The first-order chi connectivity index (χ1) is 11.6. The lowest BCUT2D eigenvalue weighted by Gasteiger charge is -2.08. The Morgan fingerprint density at radius 2 is 1.96 bits per heavy atom. The molecular formula is C18H20BrNO3S. The summed E-state index contributed by atoms with van der Waals surface area (Å²) in [7, 11) is 3.27. The topological polar surface area (TPSA) is 47.6 Å². The molecule has 0 aliphatic rings. The SMILES string of the molecule is COc1cccc(CNC(=O)CSCc2ccc(OC)c(Br)c2)c1. The summed E-state index contributed by atoms with van der Waals surface area (Å²) in [5, 5.41) is 2.92. The lowest BCUT2D eigenvalue weighted by atomic mass is 10.2. The molecule has 2 aromatic carbocycles. The minimum Gasteiger partial charge on any atom is -0.497 e. The average molecular weight is 410 g/mol. The van der Waals surface area contributed by atoms with Gasteiger partial charge in [-0.2, -0.15) is 0 Å². The molecule has 0 aliphatic heterocycles. The number of hydrogen-bond acceptors (Lipinski definition) is 4. The predicted molar refractivity (Wildman–Crippen MR) is 102 cm³/mol. The van der Waals surface area contributed by atoms with Crippen LogP contribution in [0.2, 0.25) is 0 Å². The summed E-state index contributed by atoms with van der Waals surface area (Å²) in [4.78, 5) is 11.9. The number of rotatable bonds is 8. The monoisotopic (exact) mass is 409 g/mol. The Bertz CT molecular complexity index is 694. The summed E-state index contributed by atoms with van der Waals surface area (Å²) in [5.74, 6) is 2.82. The van der Waals surface area contributed by atoms with Crippen LogP contribution in [0.5, 0.6) is 11.5 Å². The Morgan fingerprint density at radius 3 is 2.67 bits per heavy atom. The van der Waals surface area contributed by atoms with E-state index in [1.807, 2.05) is 42.5 Å². The molecule has 0 spiro atoms. The molecule has 0 aromatic heterocycles. The Balaban J connectivity index is 1.74. The first-order valence-corrected chi connectivity index (χ1v) is 9.37. The van der Waals surface area contributed by atoms with Crippen molar-refractivity contribution in [1.82, 2.24) is 5.32 Å². The van der Waals surface area contributed by atoms with E-state index in [0.29, 0.717) is 12.3 Å². The van der Waals surface area contributed by atoms with Crippen molar-refractivity contribution in [2.24, 2.45) is 0 Å². The lowest BCUT2D eigenvalue weighted by Crippen LogP contribution is -2.24. The second-order valence-electron chi connectivity index (χ2n) is 5.09. The zero-order valence-electron chi connectivity index (χ0n) is 13.7. The van der Waals surface area contributed by atoms with Crippen LogP contribution in [0.25, 0.3) is 0 Å². The number of hydrogen-bond donors (Lipinski definition) is 1. The molecule has 4 nitrogen and oxygen atoms in total. The Morgan fingerprint density at radius 1 is 1.12 bits per heavy atom. The second kappa shape index (κ2) is 9.59. The van der Waals surface area contributed by atoms with Crippen LogP contribution in [-0.2, 0) is 17.1 Å². The summed E-state index contributed by atoms with van der Waals surface area (Å²) in [6.45, 7) is 0.505. The summed E-state index contributed by atoms with van der Waals surface area (Å²) >= 11 is 5.05. The van der Waals surface area contributed by atoms with E-state index in [4.69, 9.17) is 9.47 Å². The Hall–Kier alpha value is -1.66. The molecule has 0 saturated heterocycles. The highest BCUT2D eigenvalue weighted by Gasteiger charge is 2.05. The van der Waals surface area contributed by atoms with Crippen molar-refractivity contribution >= 4 is 33.6 Å². The van der Waals surface area contributed by atoms with Crippen molar-refractivity contribution in [3.8, 4) is 11.5 Å². The summed E-state index contributed by atoms with van der Waals surface area (Å²) in [6.07, 6.45) is 0. The van der Waals surface area contributed by atoms with Gasteiger partial charge in [0.2, 0.25) is 5.91 Å². The first-order valence-electron chi connectivity index (χ1n) is 7.42. The summed E-state index contributed by atoms with van der Waals surface area (Å²) in [5.41, 5.74) is 2.17. The molecule has 0 atom stereocenters. The van der Waals surface area contributed by atoms with Gasteiger partial charge in [-0.3, -0.25) is 4.79 Å². The van der Waals surface area contributed by atoms with Crippen LogP contribution in [-0.4, -0.2) is 25.9 Å². The van der Waals surface area contributed by atoms with E-state index in [1.165, 1.54) is 0 Å². The number of amides is 1. The number of thioether (sulfide) groups is 1. The van der Waals surface area contributed by atoms with Crippen molar-refractivity contribution in [1.29, 1.82) is 0 Å². The number of methoxy groups -OCH3 is 2. The molecule has 2 rings (SSSR count). The van der Waals surface area contributed by atoms with Crippen molar-refractivity contribution in [2.75, 3.05) is 20.0 Å². The quantitative estimate of drug-likeness (QED) is 0.714. The second-order valence-corrected chi connectivity index (χ2v) is 6.93. The zero-order valence-corrected chi connectivity index (χ0v) is 16.1. The van der Waals surface area contributed by atoms with Crippen LogP contribution < -0.4 is 14.8 Å². The molecular weight excluding hydrogens is 390 g/mol. The van der Waals surface area contributed by atoms with E-state index in [0.717, 1.165) is 32.9 Å². The third kappa shape index (κ3) is 5.76. The summed E-state index contributed by atoms with van der Waals surface area (Å²) in [6, 6.07) is 13.6. The molecule has 0 bridgehead atoms. The maximum Gasteiger partial charge on any atom is 0.230 e. The van der Waals surface area contributed by atoms with Gasteiger partial charge in [0.05, 0.1) is 24.4 Å². The third-order valence-electron chi connectivity index (χ3n) is 3.34. The molecule has 128 valence electrons. The highest BCUT2D eigenvalue weighted by molar-refractivity contribution is 9.10. The zero-order chi connectivity index (χ0) is 17.4. The largest absolute Gasteiger partial charge is 0.497 e. The molecule has 2 aromatic rings. The van der Waals surface area contributed by atoms with E-state index in [9.17, 15) is 4.79 Å². The van der Waals surface area contributed by atoms with E-state index in [1.54, 1.807) is 26.0 Å². The molecule has 6 heteroatoms. The number of halogens is 1. The van der Waals surface area contributed by atoms with Gasteiger partial charge in [-0.05, 0) is 51.3 Å². The lowest BCUT2D eigenvalue weighted by molar-refractivity contribution is -0.118. The van der Waals surface area contributed by atoms with Gasteiger partial charge >= 0.3 is 0 Å². The highest BCUT2D eigenvalue weighted by Crippen LogP contribution is 2.27. The molecule has 0 aliphatic carbocycles. The number of ether oxygens (including phenoxy) is 2. The minimum absolute atomic E-state index is 0.0235. The van der Waals surface area contributed by atoms with Gasteiger partial charge in [0.15, 0.2) is 0 Å². The van der Waals surface area contributed by atoms with Crippen LogP contribution in [0, 0.1) is 0 Å². The van der Waals surface area contributed by atoms with Gasteiger partial charge in [-0.15, -0.1) is 11.8 Å². The smallest absolute Gasteiger partial charge is 0.230 e. The van der Waals surface area contributed by atoms with Crippen molar-refractivity contribution in [3.05, 3.63) is 58.1 Å². The van der Waals surface area contributed by atoms with E-state index < -0.39 is 0 Å². The van der Waals surface area contributed by atoms with Crippen LogP contribution in [0.1, 0.15) is 11.1 Å². The number of benzene rings is 2. The normalized spacial score (nSPS) is 10.3. The van der Waals surface area contributed by atoms with Gasteiger partial charge in [0.1, 0.15) is 11.5 Å². The van der Waals surface area contributed by atoms with Gasteiger partial charge in [0, 0.05) is 12.3 Å². The van der Waals surface area contributed by atoms with Crippen LogP contribution in [0.15, 0.2) is 46.9 Å². The maximum absolute atomic E-state index is 11.9. The van der Waals surface area contributed by atoms with Gasteiger partial charge < -0.3 is 14.8 Å².